The van der Waals surface area contributed by atoms with E-state index >= 15 is 0 Å². The van der Waals surface area contributed by atoms with E-state index in [4.69, 9.17) is 27.9 Å². The second-order valence-electron chi connectivity index (χ2n) is 6.58. The molecule has 0 N–H and O–H groups in total. The summed E-state index contributed by atoms with van der Waals surface area (Å²) in [5.41, 5.74) is 2.15. The highest BCUT2D eigenvalue weighted by Crippen LogP contribution is 2.32. The summed E-state index contributed by atoms with van der Waals surface area (Å²) in [6.07, 6.45) is 1.23. The first-order chi connectivity index (χ1) is 14.0. The fourth-order valence-electron chi connectivity index (χ4n) is 3.18. The minimum Gasteiger partial charge on any atom is -0.370 e. The standard InChI is InChI=1S/C19H16Cl2FN5O2/c20-15-9-16(21)17(22)8-14(15)18-10-26(5-6-29-18)19(28)7-12-1-3-13(4-2-12)27-11-23-24-25-27/h1-4,8-9,11,18H,5-7,10H2. The molecule has 2 heterocycles. The summed E-state index contributed by atoms with van der Waals surface area (Å²) < 4.78 is 21.1. The van der Waals surface area contributed by atoms with Gasteiger partial charge in [0.15, 0.2) is 0 Å². The van der Waals surface area contributed by atoms with Crippen molar-refractivity contribution in [1.82, 2.24) is 25.1 Å². The van der Waals surface area contributed by atoms with Gasteiger partial charge in [0.05, 0.1) is 30.3 Å². The van der Waals surface area contributed by atoms with Gasteiger partial charge in [0.1, 0.15) is 18.2 Å². The SMILES string of the molecule is O=C(Cc1ccc(-n2cnnn2)cc1)N1CCOC(c2cc(F)c(Cl)cc2Cl)C1. The normalized spacial score (nSPS) is 16.8. The quantitative estimate of drug-likeness (QED) is 0.588. The third kappa shape index (κ3) is 4.39. The number of hydrogen-bond acceptors (Lipinski definition) is 5. The lowest BCUT2D eigenvalue weighted by Gasteiger charge is -2.33. The van der Waals surface area contributed by atoms with Crippen molar-refractivity contribution in [3.8, 4) is 5.69 Å². The molecule has 1 fully saturated rings. The Morgan fingerprint density at radius 1 is 1.21 bits per heavy atom. The molecule has 1 aromatic heterocycles. The number of ether oxygens (including phenoxy) is 1. The van der Waals surface area contributed by atoms with E-state index in [1.165, 1.54) is 23.1 Å². The Morgan fingerprint density at radius 2 is 2.00 bits per heavy atom. The number of benzene rings is 2. The highest BCUT2D eigenvalue weighted by Gasteiger charge is 2.27. The molecule has 1 amide bonds. The van der Waals surface area contributed by atoms with Crippen LogP contribution in [0.15, 0.2) is 42.7 Å². The number of nitrogens with zero attached hydrogens (tertiary/aromatic N) is 5. The molecule has 150 valence electrons. The van der Waals surface area contributed by atoms with Crippen molar-refractivity contribution in [2.75, 3.05) is 19.7 Å². The van der Waals surface area contributed by atoms with E-state index < -0.39 is 11.9 Å². The number of aromatic nitrogens is 4. The van der Waals surface area contributed by atoms with Gasteiger partial charge in [-0.15, -0.1) is 5.10 Å². The highest BCUT2D eigenvalue weighted by molar-refractivity contribution is 6.35. The highest BCUT2D eigenvalue weighted by atomic mass is 35.5. The van der Waals surface area contributed by atoms with Gasteiger partial charge in [-0.25, -0.2) is 9.07 Å². The van der Waals surface area contributed by atoms with Crippen LogP contribution in [0.1, 0.15) is 17.2 Å². The summed E-state index contributed by atoms with van der Waals surface area (Å²) in [6, 6.07) is 10.0. The molecular weight excluding hydrogens is 420 g/mol. The summed E-state index contributed by atoms with van der Waals surface area (Å²) in [4.78, 5) is 14.5. The van der Waals surface area contributed by atoms with E-state index in [9.17, 15) is 9.18 Å². The van der Waals surface area contributed by atoms with Crippen LogP contribution in [-0.2, 0) is 16.0 Å². The van der Waals surface area contributed by atoms with Gasteiger partial charge < -0.3 is 9.64 Å². The van der Waals surface area contributed by atoms with Crippen LogP contribution in [0, 0.1) is 5.82 Å². The first kappa shape index (κ1) is 19.8. The van der Waals surface area contributed by atoms with Crippen molar-refractivity contribution in [3.63, 3.8) is 0 Å². The van der Waals surface area contributed by atoms with E-state index in [1.54, 1.807) is 4.90 Å². The molecule has 0 aliphatic carbocycles. The Bertz CT molecular complexity index is 1010. The van der Waals surface area contributed by atoms with Gasteiger partial charge >= 0.3 is 0 Å². The van der Waals surface area contributed by atoms with Crippen molar-refractivity contribution in [2.24, 2.45) is 0 Å². The molecule has 7 nitrogen and oxygen atoms in total. The largest absolute Gasteiger partial charge is 0.370 e. The summed E-state index contributed by atoms with van der Waals surface area (Å²) >= 11 is 12.0. The van der Waals surface area contributed by atoms with E-state index in [-0.39, 0.29) is 17.4 Å². The fraction of sp³-hybridized carbons (Fsp3) is 0.263. The van der Waals surface area contributed by atoms with Crippen molar-refractivity contribution in [3.05, 3.63) is 69.7 Å². The van der Waals surface area contributed by atoms with E-state index in [0.717, 1.165) is 11.3 Å². The van der Waals surface area contributed by atoms with Crippen molar-refractivity contribution in [1.29, 1.82) is 0 Å². The molecule has 1 saturated heterocycles. The lowest BCUT2D eigenvalue weighted by atomic mass is 10.1. The number of halogens is 3. The maximum absolute atomic E-state index is 13.9. The second-order valence-corrected chi connectivity index (χ2v) is 7.40. The Morgan fingerprint density at radius 3 is 2.72 bits per heavy atom. The third-order valence-corrected chi connectivity index (χ3v) is 5.33. The van der Waals surface area contributed by atoms with Gasteiger partial charge in [-0.3, -0.25) is 4.79 Å². The van der Waals surface area contributed by atoms with Gasteiger partial charge in [-0.05, 0) is 40.3 Å². The molecule has 1 atom stereocenters. The van der Waals surface area contributed by atoms with Crippen LogP contribution in [0.4, 0.5) is 4.39 Å². The summed E-state index contributed by atoms with van der Waals surface area (Å²) in [5, 5.41) is 11.3. The average molecular weight is 436 g/mol. The monoisotopic (exact) mass is 435 g/mol. The van der Waals surface area contributed by atoms with Gasteiger partial charge in [-0.1, -0.05) is 35.3 Å². The number of rotatable bonds is 4. The zero-order chi connectivity index (χ0) is 20.4. The van der Waals surface area contributed by atoms with Crippen LogP contribution in [0.25, 0.3) is 5.69 Å². The Balaban J connectivity index is 1.43. The van der Waals surface area contributed by atoms with E-state index in [2.05, 4.69) is 15.5 Å². The molecular formula is C19H16Cl2FN5O2. The Hall–Kier alpha value is -2.55. The summed E-state index contributed by atoms with van der Waals surface area (Å²) in [5.74, 6) is -0.611. The molecule has 4 rings (SSSR count). The molecule has 0 radical (unpaired) electrons. The average Bonchev–Trinajstić information content (AvgIpc) is 3.26. The molecule has 2 aromatic carbocycles. The lowest BCUT2D eigenvalue weighted by Crippen LogP contribution is -2.43. The van der Waals surface area contributed by atoms with Crippen LogP contribution in [0.2, 0.25) is 10.0 Å². The minimum atomic E-state index is -0.569. The van der Waals surface area contributed by atoms with Gasteiger partial charge in [0.25, 0.3) is 0 Å². The van der Waals surface area contributed by atoms with E-state index in [0.29, 0.717) is 30.3 Å². The summed E-state index contributed by atoms with van der Waals surface area (Å²) in [7, 11) is 0. The number of morpholine rings is 1. The van der Waals surface area contributed by atoms with Crippen LogP contribution in [-0.4, -0.2) is 50.7 Å². The summed E-state index contributed by atoms with van der Waals surface area (Å²) in [6.45, 7) is 1.10. The fourth-order valence-corrected chi connectivity index (χ4v) is 3.69. The van der Waals surface area contributed by atoms with Crippen LogP contribution in [0.5, 0.6) is 0 Å². The van der Waals surface area contributed by atoms with Crippen molar-refractivity contribution >= 4 is 29.1 Å². The zero-order valence-electron chi connectivity index (χ0n) is 15.1. The van der Waals surface area contributed by atoms with Crippen molar-refractivity contribution < 1.29 is 13.9 Å². The molecule has 29 heavy (non-hydrogen) atoms. The maximum Gasteiger partial charge on any atom is 0.227 e. The third-order valence-electron chi connectivity index (χ3n) is 4.71. The predicted molar refractivity (Wildman–Crippen MR) is 105 cm³/mol. The smallest absolute Gasteiger partial charge is 0.227 e. The second kappa shape index (κ2) is 8.44. The van der Waals surface area contributed by atoms with Crippen LogP contribution >= 0.6 is 23.2 Å². The number of carbonyl (C=O) groups is 1. The number of tetrazole rings is 1. The number of carbonyl (C=O) groups excluding carboxylic acids is 1. The minimum absolute atomic E-state index is 0.0426. The zero-order valence-corrected chi connectivity index (χ0v) is 16.6. The first-order valence-electron chi connectivity index (χ1n) is 8.87. The topological polar surface area (TPSA) is 73.1 Å². The first-order valence-corrected chi connectivity index (χ1v) is 9.63. The van der Waals surface area contributed by atoms with Gasteiger partial charge in [0.2, 0.25) is 5.91 Å². The number of amides is 1. The molecule has 3 aromatic rings. The van der Waals surface area contributed by atoms with Crippen LogP contribution < -0.4 is 0 Å². The van der Waals surface area contributed by atoms with Gasteiger partial charge in [0, 0.05) is 17.1 Å². The Kier molecular flexibility index (Phi) is 5.75. The molecule has 1 aliphatic heterocycles. The maximum atomic E-state index is 13.9. The molecule has 0 spiro atoms. The van der Waals surface area contributed by atoms with Crippen LogP contribution in [0.3, 0.4) is 0 Å². The van der Waals surface area contributed by atoms with Crippen molar-refractivity contribution in [2.45, 2.75) is 12.5 Å². The number of hydrogen-bond donors (Lipinski definition) is 0. The van der Waals surface area contributed by atoms with E-state index in [1.807, 2.05) is 24.3 Å². The van der Waals surface area contributed by atoms with Gasteiger partial charge in [-0.2, -0.15) is 0 Å². The predicted octanol–water partition coefficient (Wildman–Crippen LogP) is 3.25. The Labute approximate surface area is 176 Å². The molecule has 1 aliphatic rings. The molecule has 10 heteroatoms. The lowest BCUT2D eigenvalue weighted by molar-refractivity contribution is -0.138. The molecule has 1 unspecified atom stereocenters. The molecule has 0 saturated carbocycles. The molecule has 0 bridgehead atoms.